The lowest BCUT2D eigenvalue weighted by Gasteiger charge is -2.39. The zero-order valence-corrected chi connectivity index (χ0v) is 13.2. The van der Waals surface area contributed by atoms with Crippen LogP contribution in [0.2, 0.25) is 0 Å². The Morgan fingerprint density at radius 3 is 2.30 bits per heavy atom. The van der Waals surface area contributed by atoms with E-state index < -0.39 is 0 Å². The van der Waals surface area contributed by atoms with Gasteiger partial charge in [0.1, 0.15) is 0 Å². The summed E-state index contributed by atoms with van der Waals surface area (Å²) in [6, 6.07) is 9.50. The van der Waals surface area contributed by atoms with Crippen LogP contribution < -0.4 is 10.6 Å². The van der Waals surface area contributed by atoms with Crippen LogP contribution in [-0.4, -0.2) is 43.7 Å². The molecule has 1 aliphatic heterocycles. The Hall–Kier alpha value is -1.06. The number of nitrogens with two attached hydrogens (primary N) is 1. The molecule has 0 saturated carbocycles. The molecule has 1 unspecified atom stereocenters. The highest BCUT2D eigenvalue weighted by atomic mass is 15.3. The van der Waals surface area contributed by atoms with E-state index in [4.69, 9.17) is 5.73 Å². The minimum Gasteiger partial charge on any atom is -0.369 e. The standard InChI is InChI=1S/C17H29N3/c1-14(2)19-10-12-20(13-11-19)17-7-5-4-6-16(17)15(3)8-9-18/h4-7,14-15H,8-13,18H2,1-3H3. The molecule has 0 radical (unpaired) electrons. The Kier molecular flexibility index (Phi) is 5.44. The molecule has 3 heteroatoms. The van der Waals surface area contributed by atoms with Crippen molar-refractivity contribution in [2.45, 2.75) is 39.2 Å². The van der Waals surface area contributed by atoms with E-state index in [1.807, 2.05) is 0 Å². The van der Waals surface area contributed by atoms with Crippen molar-refractivity contribution in [1.82, 2.24) is 4.90 Å². The zero-order valence-electron chi connectivity index (χ0n) is 13.2. The lowest BCUT2D eigenvalue weighted by molar-refractivity contribution is 0.209. The molecule has 20 heavy (non-hydrogen) atoms. The number of piperazine rings is 1. The average molecular weight is 275 g/mol. The fourth-order valence-corrected chi connectivity index (χ4v) is 3.08. The minimum atomic E-state index is 0.541. The molecule has 1 heterocycles. The molecule has 0 aliphatic carbocycles. The number of hydrogen-bond acceptors (Lipinski definition) is 3. The van der Waals surface area contributed by atoms with Crippen molar-refractivity contribution < 1.29 is 0 Å². The second-order valence-electron chi connectivity index (χ2n) is 6.15. The topological polar surface area (TPSA) is 32.5 Å². The summed E-state index contributed by atoms with van der Waals surface area (Å²) in [5.41, 5.74) is 8.59. The molecule has 112 valence electrons. The van der Waals surface area contributed by atoms with Crippen molar-refractivity contribution >= 4 is 5.69 Å². The Morgan fingerprint density at radius 2 is 1.70 bits per heavy atom. The summed E-state index contributed by atoms with van der Waals surface area (Å²) in [4.78, 5) is 5.10. The summed E-state index contributed by atoms with van der Waals surface area (Å²) in [6.07, 6.45) is 1.06. The van der Waals surface area contributed by atoms with Crippen LogP contribution in [0.1, 0.15) is 38.7 Å². The summed E-state index contributed by atoms with van der Waals surface area (Å²) in [6.45, 7) is 12.2. The maximum absolute atomic E-state index is 5.73. The van der Waals surface area contributed by atoms with Crippen molar-refractivity contribution in [3.63, 3.8) is 0 Å². The van der Waals surface area contributed by atoms with Crippen LogP contribution in [0.5, 0.6) is 0 Å². The van der Waals surface area contributed by atoms with Crippen LogP contribution in [0.4, 0.5) is 5.69 Å². The first-order valence-electron chi connectivity index (χ1n) is 7.91. The predicted molar refractivity (Wildman–Crippen MR) is 87.5 cm³/mol. The lowest BCUT2D eigenvalue weighted by Crippen LogP contribution is -2.49. The summed E-state index contributed by atoms with van der Waals surface area (Å²) < 4.78 is 0. The molecule has 1 aromatic carbocycles. The van der Waals surface area contributed by atoms with Crippen LogP contribution >= 0.6 is 0 Å². The summed E-state index contributed by atoms with van der Waals surface area (Å²) in [5, 5.41) is 0. The molecule has 0 bridgehead atoms. The second kappa shape index (κ2) is 7.09. The maximum Gasteiger partial charge on any atom is 0.0402 e. The van der Waals surface area contributed by atoms with Gasteiger partial charge in [0.05, 0.1) is 0 Å². The lowest BCUT2D eigenvalue weighted by atomic mass is 9.95. The highest BCUT2D eigenvalue weighted by Crippen LogP contribution is 2.30. The van der Waals surface area contributed by atoms with Crippen LogP contribution in [-0.2, 0) is 0 Å². The normalized spacial score (nSPS) is 18.6. The minimum absolute atomic E-state index is 0.541. The Labute approximate surface area is 123 Å². The number of benzene rings is 1. The van der Waals surface area contributed by atoms with Crippen LogP contribution in [0.15, 0.2) is 24.3 Å². The molecule has 2 rings (SSSR count). The van der Waals surface area contributed by atoms with E-state index in [-0.39, 0.29) is 0 Å². The van der Waals surface area contributed by atoms with Gasteiger partial charge in [0.25, 0.3) is 0 Å². The largest absolute Gasteiger partial charge is 0.369 e. The monoisotopic (exact) mass is 275 g/mol. The van der Waals surface area contributed by atoms with Crippen molar-refractivity contribution in [2.75, 3.05) is 37.6 Å². The SMILES string of the molecule is CC(CCN)c1ccccc1N1CCN(C(C)C)CC1. The van der Waals surface area contributed by atoms with Gasteiger partial charge in [0.2, 0.25) is 0 Å². The molecule has 1 aliphatic rings. The first-order chi connectivity index (χ1) is 9.63. The van der Waals surface area contributed by atoms with Gasteiger partial charge in [0.15, 0.2) is 0 Å². The molecule has 3 nitrogen and oxygen atoms in total. The third-order valence-corrected chi connectivity index (χ3v) is 4.45. The number of nitrogens with zero attached hydrogens (tertiary/aromatic N) is 2. The quantitative estimate of drug-likeness (QED) is 0.896. The molecule has 1 saturated heterocycles. The summed E-state index contributed by atoms with van der Waals surface area (Å²) >= 11 is 0. The molecule has 1 fully saturated rings. The molecule has 1 aromatic rings. The second-order valence-corrected chi connectivity index (χ2v) is 6.15. The van der Waals surface area contributed by atoms with Crippen molar-refractivity contribution in [3.05, 3.63) is 29.8 Å². The molecule has 0 aromatic heterocycles. The fraction of sp³-hybridized carbons (Fsp3) is 0.647. The Morgan fingerprint density at radius 1 is 1.05 bits per heavy atom. The van der Waals surface area contributed by atoms with Crippen LogP contribution in [0.25, 0.3) is 0 Å². The number of rotatable bonds is 5. The molecule has 0 spiro atoms. The van der Waals surface area contributed by atoms with E-state index in [9.17, 15) is 0 Å². The van der Waals surface area contributed by atoms with E-state index in [0.29, 0.717) is 12.0 Å². The van der Waals surface area contributed by atoms with Gasteiger partial charge in [-0.2, -0.15) is 0 Å². The van der Waals surface area contributed by atoms with Gasteiger partial charge < -0.3 is 10.6 Å². The average Bonchev–Trinajstić information content (AvgIpc) is 2.47. The van der Waals surface area contributed by atoms with Gasteiger partial charge in [-0.25, -0.2) is 0 Å². The number of para-hydroxylation sites is 1. The first-order valence-corrected chi connectivity index (χ1v) is 7.91. The third kappa shape index (κ3) is 3.53. The smallest absolute Gasteiger partial charge is 0.0402 e. The molecule has 2 N–H and O–H groups in total. The van der Waals surface area contributed by atoms with Gasteiger partial charge in [-0.1, -0.05) is 25.1 Å². The van der Waals surface area contributed by atoms with Gasteiger partial charge in [0, 0.05) is 37.9 Å². The van der Waals surface area contributed by atoms with E-state index in [2.05, 4.69) is 54.8 Å². The number of anilines is 1. The molecule has 0 amide bonds. The van der Waals surface area contributed by atoms with Crippen molar-refractivity contribution in [1.29, 1.82) is 0 Å². The first kappa shape index (κ1) is 15.3. The van der Waals surface area contributed by atoms with E-state index in [1.165, 1.54) is 11.3 Å². The van der Waals surface area contributed by atoms with Crippen molar-refractivity contribution in [3.8, 4) is 0 Å². The molecular weight excluding hydrogens is 246 g/mol. The summed E-state index contributed by atoms with van der Waals surface area (Å²) in [5.74, 6) is 0.541. The van der Waals surface area contributed by atoms with Gasteiger partial charge in [-0.15, -0.1) is 0 Å². The molecular formula is C17H29N3. The van der Waals surface area contributed by atoms with Crippen LogP contribution in [0, 0.1) is 0 Å². The predicted octanol–water partition coefficient (Wildman–Crippen LogP) is 2.67. The Bertz CT molecular complexity index is 408. The fourth-order valence-electron chi connectivity index (χ4n) is 3.08. The number of hydrogen-bond donors (Lipinski definition) is 1. The third-order valence-electron chi connectivity index (χ3n) is 4.45. The maximum atomic E-state index is 5.73. The van der Waals surface area contributed by atoms with Crippen LogP contribution in [0.3, 0.4) is 0 Å². The highest BCUT2D eigenvalue weighted by Gasteiger charge is 2.21. The van der Waals surface area contributed by atoms with Gasteiger partial charge >= 0.3 is 0 Å². The van der Waals surface area contributed by atoms with Gasteiger partial charge in [-0.3, -0.25) is 4.90 Å². The van der Waals surface area contributed by atoms with Gasteiger partial charge in [-0.05, 0) is 44.4 Å². The molecule has 1 atom stereocenters. The van der Waals surface area contributed by atoms with Crippen molar-refractivity contribution in [2.24, 2.45) is 5.73 Å². The van der Waals surface area contributed by atoms with E-state index in [0.717, 1.165) is 39.1 Å². The summed E-state index contributed by atoms with van der Waals surface area (Å²) in [7, 11) is 0. The van der Waals surface area contributed by atoms with E-state index >= 15 is 0 Å². The zero-order chi connectivity index (χ0) is 14.5. The highest BCUT2D eigenvalue weighted by molar-refractivity contribution is 5.55. The van der Waals surface area contributed by atoms with E-state index in [1.54, 1.807) is 0 Å². The Balaban J connectivity index is 2.10.